The first-order valence-corrected chi connectivity index (χ1v) is 9.97. The number of hydrogen-bond acceptors (Lipinski definition) is 2. The summed E-state index contributed by atoms with van der Waals surface area (Å²) in [5, 5.41) is 0. The van der Waals surface area contributed by atoms with Gasteiger partial charge in [0.15, 0.2) is 0 Å². The van der Waals surface area contributed by atoms with Crippen LogP contribution in [0.1, 0.15) is 106 Å². The summed E-state index contributed by atoms with van der Waals surface area (Å²) < 4.78 is 12.0. The van der Waals surface area contributed by atoms with Crippen LogP contribution in [0.3, 0.4) is 0 Å². The minimum Gasteiger partial charge on any atom is -0.400 e. The molecule has 1 saturated heterocycles. The Morgan fingerprint density at radius 2 is 1.17 bits per heavy atom. The smallest absolute Gasteiger partial charge is 0.400 e. The lowest BCUT2D eigenvalue weighted by molar-refractivity contribution is 0.00578. The van der Waals surface area contributed by atoms with Crippen molar-refractivity contribution in [3.05, 3.63) is 11.5 Å². The van der Waals surface area contributed by atoms with Crippen molar-refractivity contribution in [2.45, 2.75) is 117 Å². The Kier molecular flexibility index (Phi) is 8.93. The third-order valence-corrected chi connectivity index (χ3v) is 5.38. The third-order valence-electron chi connectivity index (χ3n) is 5.38. The summed E-state index contributed by atoms with van der Waals surface area (Å²) in [5.41, 5.74) is 0.950. The average Bonchev–Trinajstić information content (AvgIpc) is 2.80. The van der Waals surface area contributed by atoms with Crippen LogP contribution >= 0.6 is 0 Å². The SMILES string of the molecule is C1CCCCC1.CC.CC1(C)OB(C2=CCCCC2)OC1(C)C. The zero-order valence-electron chi connectivity index (χ0n) is 16.5. The van der Waals surface area contributed by atoms with Crippen molar-refractivity contribution in [2.75, 3.05) is 0 Å². The maximum absolute atomic E-state index is 6.01. The Bertz CT molecular complexity index is 329. The molecule has 0 amide bonds. The fourth-order valence-electron chi connectivity index (χ4n) is 3.13. The lowest BCUT2D eigenvalue weighted by Crippen LogP contribution is -2.41. The van der Waals surface area contributed by atoms with E-state index in [4.69, 9.17) is 9.31 Å². The molecule has 1 saturated carbocycles. The molecule has 0 atom stereocenters. The van der Waals surface area contributed by atoms with Gasteiger partial charge in [-0.15, -0.1) is 0 Å². The molecule has 2 fully saturated rings. The molecule has 3 heteroatoms. The van der Waals surface area contributed by atoms with Gasteiger partial charge in [-0.05, 0) is 58.9 Å². The third kappa shape index (κ3) is 6.27. The molecule has 0 spiro atoms. The van der Waals surface area contributed by atoms with E-state index < -0.39 is 0 Å². The van der Waals surface area contributed by atoms with Gasteiger partial charge in [-0.1, -0.05) is 58.4 Å². The molecular weight excluding hydrogens is 283 g/mol. The monoisotopic (exact) mass is 322 g/mol. The molecular formula is C20H39BO2. The molecule has 3 rings (SSSR count). The number of hydrogen-bond donors (Lipinski definition) is 0. The zero-order valence-corrected chi connectivity index (χ0v) is 16.5. The van der Waals surface area contributed by atoms with Crippen LogP contribution in [0, 0.1) is 0 Å². The average molecular weight is 322 g/mol. The molecule has 0 aromatic heterocycles. The fraction of sp³-hybridized carbons (Fsp3) is 0.900. The fourth-order valence-corrected chi connectivity index (χ4v) is 3.13. The van der Waals surface area contributed by atoms with Gasteiger partial charge in [0.05, 0.1) is 11.2 Å². The first-order chi connectivity index (χ1) is 10.9. The van der Waals surface area contributed by atoms with E-state index in [2.05, 4.69) is 33.8 Å². The number of rotatable bonds is 1. The molecule has 2 nitrogen and oxygen atoms in total. The molecule has 1 aliphatic heterocycles. The number of allylic oxidation sites excluding steroid dienone is 2. The lowest BCUT2D eigenvalue weighted by Gasteiger charge is -2.32. The highest BCUT2D eigenvalue weighted by Crippen LogP contribution is 2.39. The molecule has 0 unspecified atom stereocenters. The quantitative estimate of drug-likeness (QED) is 0.514. The highest BCUT2D eigenvalue weighted by atomic mass is 16.7. The van der Waals surface area contributed by atoms with E-state index in [0.717, 1.165) is 6.42 Å². The molecule has 134 valence electrons. The highest BCUT2D eigenvalue weighted by Gasteiger charge is 2.52. The largest absolute Gasteiger partial charge is 0.490 e. The van der Waals surface area contributed by atoms with Crippen molar-refractivity contribution in [3.63, 3.8) is 0 Å². The van der Waals surface area contributed by atoms with E-state index >= 15 is 0 Å². The molecule has 2 aliphatic carbocycles. The lowest BCUT2D eigenvalue weighted by atomic mass is 9.73. The molecule has 23 heavy (non-hydrogen) atoms. The van der Waals surface area contributed by atoms with Gasteiger partial charge in [-0.3, -0.25) is 0 Å². The van der Waals surface area contributed by atoms with Gasteiger partial charge in [0.25, 0.3) is 0 Å². The molecule has 0 aromatic carbocycles. The van der Waals surface area contributed by atoms with Gasteiger partial charge in [-0.25, -0.2) is 0 Å². The Labute approximate surface area is 145 Å². The van der Waals surface area contributed by atoms with Crippen molar-refractivity contribution >= 4 is 7.12 Å². The van der Waals surface area contributed by atoms with Crippen LogP contribution in [-0.2, 0) is 9.31 Å². The Balaban J connectivity index is 0.000000276. The van der Waals surface area contributed by atoms with Crippen molar-refractivity contribution < 1.29 is 9.31 Å². The summed E-state index contributed by atoms with van der Waals surface area (Å²) in [6, 6.07) is 0. The standard InChI is InChI=1S/C12H21BO2.C6H12.C2H6/c1-11(2)12(3,4)15-13(14-11)10-8-6-5-7-9-10;1-2-4-6-5-3-1;1-2/h8H,5-7,9H2,1-4H3;1-6H2;1-2H3. The second kappa shape index (κ2) is 9.88. The summed E-state index contributed by atoms with van der Waals surface area (Å²) in [5.74, 6) is 0. The molecule has 1 heterocycles. The predicted octanol–water partition coefficient (Wildman–Crippen LogP) is 6.49. The zero-order chi connectivity index (χ0) is 17.3. The normalized spacial score (nSPS) is 25.5. The van der Waals surface area contributed by atoms with Crippen LogP contribution in [0.25, 0.3) is 0 Å². The van der Waals surface area contributed by atoms with Gasteiger partial charge >= 0.3 is 7.12 Å². The van der Waals surface area contributed by atoms with E-state index in [9.17, 15) is 0 Å². The van der Waals surface area contributed by atoms with Crippen molar-refractivity contribution in [1.29, 1.82) is 0 Å². The van der Waals surface area contributed by atoms with Crippen LogP contribution in [0.2, 0.25) is 0 Å². The van der Waals surface area contributed by atoms with Crippen molar-refractivity contribution in [1.82, 2.24) is 0 Å². The van der Waals surface area contributed by atoms with E-state index in [0.29, 0.717) is 0 Å². The summed E-state index contributed by atoms with van der Waals surface area (Å²) >= 11 is 0. The Morgan fingerprint density at radius 1 is 0.739 bits per heavy atom. The van der Waals surface area contributed by atoms with Gasteiger partial charge in [-0.2, -0.15) is 0 Å². The molecule has 0 radical (unpaired) electrons. The van der Waals surface area contributed by atoms with Gasteiger partial charge in [0.2, 0.25) is 0 Å². The topological polar surface area (TPSA) is 18.5 Å². The van der Waals surface area contributed by atoms with E-state index in [-0.39, 0.29) is 18.3 Å². The van der Waals surface area contributed by atoms with E-state index in [1.807, 2.05) is 13.8 Å². The maximum atomic E-state index is 6.01. The van der Waals surface area contributed by atoms with Crippen LogP contribution in [0.15, 0.2) is 11.5 Å². The van der Waals surface area contributed by atoms with Crippen molar-refractivity contribution in [2.24, 2.45) is 0 Å². The first-order valence-electron chi connectivity index (χ1n) is 9.97. The second-order valence-corrected chi connectivity index (χ2v) is 7.73. The maximum Gasteiger partial charge on any atom is 0.490 e. The molecule has 3 aliphatic rings. The summed E-state index contributed by atoms with van der Waals surface area (Å²) in [4.78, 5) is 0. The predicted molar refractivity (Wildman–Crippen MR) is 102 cm³/mol. The van der Waals surface area contributed by atoms with Crippen LogP contribution in [-0.4, -0.2) is 18.3 Å². The second-order valence-electron chi connectivity index (χ2n) is 7.73. The summed E-state index contributed by atoms with van der Waals surface area (Å²) in [6.07, 6.45) is 16.2. The Morgan fingerprint density at radius 3 is 1.52 bits per heavy atom. The summed E-state index contributed by atoms with van der Waals surface area (Å²) in [6.45, 7) is 12.4. The van der Waals surface area contributed by atoms with Gasteiger partial charge in [0, 0.05) is 0 Å². The first kappa shape index (κ1) is 20.8. The minimum atomic E-state index is -0.198. The van der Waals surface area contributed by atoms with Gasteiger partial charge in [0.1, 0.15) is 0 Å². The van der Waals surface area contributed by atoms with Crippen LogP contribution < -0.4 is 0 Å². The van der Waals surface area contributed by atoms with E-state index in [1.54, 1.807) is 0 Å². The molecule has 0 N–H and O–H groups in total. The van der Waals surface area contributed by atoms with Crippen LogP contribution in [0.5, 0.6) is 0 Å². The van der Waals surface area contributed by atoms with Gasteiger partial charge < -0.3 is 9.31 Å². The summed E-state index contributed by atoms with van der Waals surface area (Å²) in [7, 11) is -0.102. The minimum absolute atomic E-state index is 0.102. The Hall–Kier alpha value is -0.275. The molecule has 0 aromatic rings. The van der Waals surface area contributed by atoms with Crippen LogP contribution in [0.4, 0.5) is 0 Å². The van der Waals surface area contributed by atoms with Crippen molar-refractivity contribution in [3.8, 4) is 0 Å². The molecule has 0 bridgehead atoms. The highest BCUT2D eigenvalue weighted by molar-refractivity contribution is 6.54. The van der Waals surface area contributed by atoms with E-state index in [1.165, 1.54) is 63.3 Å².